The zero-order valence-electron chi connectivity index (χ0n) is 7.53. The van der Waals surface area contributed by atoms with Gasteiger partial charge < -0.3 is 9.72 Å². The third-order valence-corrected chi connectivity index (χ3v) is 1.93. The number of ether oxygens (including phenoxy) is 1. The molecule has 1 rings (SSSR count). The van der Waals surface area contributed by atoms with Crippen LogP contribution in [0.2, 0.25) is 0 Å². The van der Waals surface area contributed by atoms with Crippen molar-refractivity contribution in [1.82, 2.24) is 4.98 Å². The summed E-state index contributed by atoms with van der Waals surface area (Å²) in [6.07, 6.45) is 1.63. The highest BCUT2D eigenvalue weighted by atomic mass is 32.1. The summed E-state index contributed by atoms with van der Waals surface area (Å²) in [7, 11) is 1.31. The number of H-pyrrole nitrogens is 1. The van der Waals surface area contributed by atoms with Crippen LogP contribution >= 0.6 is 12.2 Å². The van der Waals surface area contributed by atoms with Gasteiger partial charge in [-0.15, -0.1) is 0 Å². The molecule has 4 nitrogen and oxygen atoms in total. The van der Waals surface area contributed by atoms with Crippen molar-refractivity contribution in [1.29, 1.82) is 5.26 Å². The molecule has 0 aliphatic rings. The summed E-state index contributed by atoms with van der Waals surface area (Å²) in [6.45, 7) is 0. The number of carbonyl (C=O) groups is 1. The first-order chi connectivity index (χ1) is 6.67. The Morgan fingerprint density at radius 3 is 3.07 bits per heavy atom. The molecule has 1 aromatic heterocycles. The monoisotopic (exact) mass is 208 g/mol. The Labute approximate surface area is 86.1 Å². The fourth-order valence-electron chi connectivity index (χ4n) is 0.979. The molecule has 0 saturated carbocycles. The van der Waals surface area contributed by atoms with Crippen LogP contribution in [0.15, 0.2) is 12.3 Å². The number of carbonyl (C=O) groups excluding carboxylic acids is 1. The van der Waals surface area contributed by atoms with E-state index in [1.807, 2.05) is 6.07 Å². The third-order valence-electron chi connectivity index (χ3n) is 1.69. The molecule has 0 aliphatic carbocycles. The molecule has 0 aliphatic heterocycles. The van der Waals surface area contributed by atoms with Crippen molar-refractivity contribution in [3.05, 3.63) is 28.0 Å². The van der Waals surface area contributed by atoms with E-state index in [0.717, 1.165) is 0 Å². The predicted molar refractivity (Wildman–Crippen MR) is 52.1 cm³/mol. The van der Waals surface area contributed by atoms with Crippen LogP contribution in [0.4, 0.5) is 0 Å². The van der Waals surface area contributed by atoms with Crippen LogP contribution in [-0.2, 0) is 16.0 Å². The molecule has 72 valence electrons. The Morgan fingerprint density at radius 1 is 1.79 bits per heavy atom. The molecule has 5 heteroatoms. The molecule has 0 bridgehead atoms. The molecule has 1 heterocycles. The Hall–Kier alpha value is -1.67. The Balaban J connectivity index is 3.04. The van der Waals surface area contributed by atoms with Crippen molar-refractivity contribution >= 4 is 18.2 Å². The minimum absolute atomic E-state index is 0.0749. The molecule has 0 amide bonds. The van der Waals surface area contributed by atoms with E-state index < -0.39 is 0 Å². The van der Waals surface area contributed by atoms with Gasteiger partial charge in [0.2, 0.25) is 0 Å². The molecular weight excluding hydrogens is 200 g/mol. The van der Waals surface area contributed by atoms with Gasteiger partial charge in [-0.05, 0) is 11.6 Å². The third kappa shape index (κ3) is 2.41. The molecule has 1 aromatic rings. The summed E-state index contributed by atoms with van der Waals surface area (Å²) in [5.74, 6) is -0.382. The van der Waals surface area contributed by atoms with Crippen LogP contribution in [0.25, 0.3) is 0 Å². The first kappa shape index (κ1) is 10.4. The van der Waals surface area contributed by atoms with Gasteiger partial charge in [-0.2, -0.15) is 5.26 Å². The van der Waals surface area contributed by atoms with E-state index >= 15 is 0 Å². The lowest BCUT2D eigenvalue weighted by Crippen LogP contribution is -2.06. The smallest absolute Gasteiger partial charge is 0.310 e. The van der Waals surface area contributed by atoms with Crippen molar-refractivity contribution in [2.75, 3.05) is 7.11 Å². The van der Waals surface area contributed by atoms with Crippen molar-refractivity contribution < 1.29 is 9.53 Å². The fourth-order valence-corrected chi connectivity index (χ4v) is 1.16. The zero-order valence-corrected chi connectivity index (χ0v) is 8.35. The number of nitrogens with one attached hydrogen (secondary N) is 1. The largest absolute Gasteiger partial charge is 0.469 e. The van der Waals surface area contributed by atoms with Gasteiger partial charge in [-0.3, -0.25) is 4.79 Å². The number of hydrogen-bond acceptors (Lipinski definition) is 4. The Bertz CT molecular complexity index is 445. The maximum Gasteiger partial charge on any atom is 0.310 e. The van der Waals surface area contributed by atoms with Crippen LogP contribution in [0, 0.1) is 16.0 Å². The minimum Gasteiger partial charge on any atom is -0.469 e. The molecule has 14 heavy (non-hydrogen) atoms. The van der Waals surface area contributed by atoms with Gasteiger partial charge in [0, 0.05) is 6.20 Å². The number of aromatic nitrogens is 1. The molecule has 0 saturated heterocycles. The normalized spacial score (nSPS) is 9.14. The summed E-state index contributed by atoms with van der Waals surface area (Å²) in [5, 5.41) is 8.77. The number of methoxy groups -OCH3 is 1. The summed E-state index contributed by atoms with van der Waals surface area (Å²) >= 11 is 4.84. The van der Waals surface area contributed by atoms with Crippen LogP contribution in [-0.4, -0.2) is 18.1 Å². The van der Waals surface area contributed by atoms with Crippen molar-refractivity contribution in [2.24, 2.45) is 0 Å². The molecule has 0 unspecified atom stereocenters. The van der Waals surface area contributed by atoms with Crippen LogP contribution < -0.4 is 0 Å². The second-order valence-electron chi connectivity index (χ2n) is 2.60. The number of hydrogen-bond donors (Lipinski definition) is 1. The average molecular weight is 208 g/mol. The highest BCUT2D eigenvalue weighted by Gasteiger charge is 2.07. The summed E-state index contributed by atoms with van der Waals surface area (Å²) in [5.41, 5.74) is 0.993. The summed E-state index contributed by atoms with van der Waals surface area (Å²) in [6, 6.07) is 3.49. The fraction of sp³-hybridized carbons (Fsp3) is 0.222. The molecule has 0 spiro atoms. The van der Waals surface area contributed by atoms with Gasteiger partial charge in [0.05, 0.1) is 25.2 Å². The molecule has 0 atom stereocenters. The standard InChI is InChI=1S/C9H8N2O2S/c1-13-9(12)3-7-5-11-8(14)2-6(7)4-10/h2,5H,3H2,1H3,(H,11,14). The first-order valence-electron chi connectivity index (χ1n) is 3.86. The highest BCUT2D eigenvalue weighted by Crippen LogP contribution is 2.07. The highest BCUT2D eigenvalue weighted by molar-refractivity contribution is 7.71. The second kappa shape index (κ2) is 4.53. The van der Waals surface area contributed by atoms with E-state index in [9.17, 15) is 4.79 Å². The lowest BCUT2D eigenvalue weighted by atomic mass is 10.1. The molecule has 0 aromatic carbocycles. The quantitative estimate of drug-likeness (QED) is 0.588. The van der Waals surface area contributed by atoms with E-state index in [2.05, 4.69) is 9.72 Å². The maximum atomic E-state index is 11.0. The average Bonchev–Trinajstić information content (AvgIpc) is 2.20. The topological polar surface area (TPSA) is 65.9 Å². The van der Waals surface area contributed by atoms with E-state index in [1.165, 1.54) is 13.2 Å². The molecular formula is C9H8N2O2S. The van der Waals surface area contributed by atoms with Crippen LogP contribution in [0.1, 0.15) is 11.1 Å². The van der Waals surface area contributed by atoms with E-state index in [-0.39, 0.29) is 12.4 Å². The maximum absolute atomic E-state index is 11.0. The van der Waals surface area contributed by atoms with Crippen molar-refractivity contribution in [3.63, 3.8) is 0 Å². The SMILES string of the molecule is COC(=O)Cc1c[nH]c(=S)cc1C#N. The zero-order chi connectivity index (χ0) is 10.6. The van der Waals surface area contributed by atoms with Gasteiger partial charge in [0.1, 0.15) is 4.64 Å². The van der Waals surface area contributed by atoms with E-state index in [1.54, 1.807) is 6.20 Å². The lowest BCUT2D eigenvalue weighted by molar-refractivity contribution is -0.139. The minimum atomic E-state index is -0.382. The van der Waals surface area contributed by atoms with Crippen molar-refractivity contribution in [2.45, 2.75) is 6.42 Å². The number of rotatable bonds is 2. The second-order valence-corrected chi connectivity index (χ2v) is 3.04. The van der Waals surface area contributed by atoms with E-state index in [0.29, 0.717) is 15.8 Å². The molecule has 0 radical (unpaired) electrons. The van der Waals surface area contributed by atoms with Gasteiger partial charge in [-0.25, -0.2) is 0 Å². The Morgan fingerprint density at radius 2 is 2.50 bits per heavy atom. The first-order valence-corrected chi connectivity index (χ1v) is 4.26. The molecule has 1 N–H and O–H groups in total. The van der Waals surface area contributed by atoms with Crippen molar-refractivity contribution in [3.8, 4) is 6.07 Å². The number of nitriles is 1. The molecule has 0 fully saturated rings. The number of pyridine rings is 1. The number of aromatic amines is 1. The van der Waals surface area contributed by atoms with Gasteiger partial charge in [-0.1, -0.05) is 12.2 Å². The van der Waals surface area contributed by atoms with Crippen LogP contribution in [0.3, 0.4) is 0 Å². The van der Waals surface area contributed by atoms with Gasteiger partial charge >= 0.3 is 5.97 Å². The summed E-state index contributed by atoms with van der Waals surface area (Å²) in [4.78, 5) is 13.7. The number of esters is 1. The van der Waals surface area contributed by atoms with Crippen LogP contribution in [0.5, 0.6) is 0 Å². The van der Waals surface area contributed by atoms with Gasteiger partial charge in [0.15, 0.2) is 0 Å². The van der Waals surface area contributed by atoms with Gasteiger partial charge in [0.25, 0.3) is 0 Å². The summed E-state index contributed by atoms with van der Waals surface area (Å²) < 4.78 is 4.96. The van der Waals surface area contributed by atoms with E-state index in [4.69, 9.17) is 17.5 Å². The number of nitrogens with zero attached hydrogens (tertiary/aromatic N) is 1. The lowest BCUT2D eigenvalue weighted by Gasteiger charge is -2.01. The predicted octanol–water partition coefficient (Wildman–Crippen LogP) is 1.33. The Kier molecular flexibility index (Phi) is 3.37.